The van der Waals surface area contributed by atoms with Crippen LogP contribution in [-0.4, -0.2) is 51.1 Å². The molecule has 2 unspecified atom stereocenters. The third kappa shape index (κ3) is 1.60. The topological polar surface area (TPSA) is 90.2 Å². The van der Waals surface area contributed by atoms with Gasteiger partial charge in [-0.05, 0) is 6.42 Å². The van der Waals surface area contributed by atoms with Crippen molar-refractivity contribution in [3.8, 4) is 0 Å². The molecule has 72 valence electrons. The first-order valence-corrected chi connectivity index (χ1v) is 3.95. The summed E-state index contributed by atoms with van der Waals surface area (Å²) < 4.78 is 4.83. The average Bonchev–Trinajstić information content (AvgIpc) is 2.08. The first-order chi connectivity index (χ1) is 5.57. The Morgan fingerprint density at radius 1 is 1.00 bits per heavy atom. The Morgan fingerprint density at radius 3 is 2.08 bits per heavy atom. The summed E-state index contributed by atoms with van der Waals surface area (Å²) in [5.74, 6) is 0. The first kappa shape index (κ1) is 9.88. The monoisotopic (exact) mass is 178 g/mol. The van der Waals surface area contributed by atoms with E-state index in [2.05, 4.69) is 0 Å². The molecule has 0 bridgehead atoms. The van der Waals surface area contributed by atoms with Crippen LogP contribution >= 0.6 is 0 Å². The van der Waals surface area contributed by atoms with Gasteiger partial charge < -0.3 is 25.2 Å². The third-order valence-corrected chi connectivity index (χ3v) is 2.09. The van der Waals surface area contributed by atoms with E-state index in [4.69, 9.17) is 14.9 Å². The maximum Gasteiger partial charge on any atom is 0.183 e. The van der Waals surface area contributed by atoms with Gasteiger partial charge in [0, 0.05) is 0 Å². The maximum atomic E-state index is 9.28. The standard InChI is InChI=1S/C7H14O5/c1-2-3-4(8)5(9)6(10)7(11)12-3/h3-11H,2H2,1H3/t3-,4-,5?,6-,7?/m0/s1. The second-order valence-electron chi connectivity index (χ2n) is 2.95. The molecular weight excluding hydrogens is 164 g/mol. The van der Waals surface area contributed by atoms with E-state index in [1.807, 2.05) is 0 Å². The van der Waals surface area contributed by atoms with Gasteiger partial charge in [0.15, 0.2) is 6.29 Å². The first-order valence-electron chi connectivity index (χ1n) is 3.95. The van der Waals surface area contributed by atoms with E-state index in [1.54, 1.807) is 6.92 Å². The summed E-state index contributed by atoms with van der Waals surface area (Å²) in [6, 6.07) is 0. The molecule has 0 aliphatic carbocycles. The minimum absolute atomic E-state index is 0.474. The molecule has 12 heavy (non-hydrogen) atoms. The summed E-state index contributed by atoms with van der Waals surface area (Å²) in [5.41, 5.74) is 0. The predicted octanol–water partition coefficient (Wildman–Crippen LogP) is -1.80. The summed E-state index contributed by atoms with van der Waals surface area (Å²) >= 11 is 0. The van der Waals surface area contributed by atoms with Gasteiger partial charge in [0.1, 0.15) is 18.3 Å². The summed E-state index contributed by atoms with van der Waals surface area (Å²) in [5, 5.41) is 36.5. The van der Waals surface area contributed by atoms with E-state index in [0.717, 1.165) is 0 Å². The zero-order valence-corrected chi connectivity index (χ0v) is 6.79. The maximum absolute atomic E-state index is 9.28. The van der Waals surface area contributed by atoms with Gasteiger partial charge in [-0.1, -0.05) is 6.92 Å². The lowest BCUT2D eigenvalue weighted by molar-refractivity contribution is -0.281. The molecule has 4 N–H and O–H groups in total. The highest BCUT2D eigenvalue weighted by Gasteiger charge is 2.41. The van der Waals surface area contributed by atoms with Crippen molar-refractivity contribution >= 4 is 0 Å². The van der Waals surface area contributed by atoms with Crippen molar-refractivity contribution in [2.75, 3.05) is 0 Å². The van der Waals surface area contributed by atoms with Crippen molar-refractivity contribution in [2.24, 2.45) is 0 Å². The Kier molecular flexibility index (Phi) is 3.03. The molecule has 0 amide bonds. The predicted molar refractivity (Wildman–Crippen MR) is 39.2 cm³/mol. The number of hydrogen-bond acceptors (Lipinski definition) is 5. The molecule has 1 aliphatic rings. The number of aliphatic hydroxyl groups excluding tert-OH is 4. The molecule has 0 aromatic rings. The molecule has 5 heteroatoms. The van der Waals surface area contributed by atoms with Crippen LogP contribution in [0.1, 0.15) is 13.3 Å². The second-order valence-corrected chi connectivity index (χ2v) is 2.95. The molecule has 0 spiro atoms. The normalized spacial score (nSPS) is 49.2. The van der Waals surface area contributed by atoms with E-state index < -0.39 is 30.7 Å². The van der Waals surface area contributed by atoms with Gasteiger partial charge >= 0.3 is 0 Å². The van der Waals surface area contributed by atoms with Crippen LogP contribution in [-0.2, 0) is 4.74 Å². The van der Waals surface area contributed by atoms with Gasteiger partial charge in [-0.15, -0.1) is 0 Å². The second kappa shape index (κ2) is 3.68. The third-order valence-electron chi connectivity index (χ3n) is 2.09. The average molecular weight is 178 g/mol. The SMILES string of the molecule is CC[C@@H]1OC(O)[C@@H](O)C(O)[C@H]1O. The summed E-state index contributed by atoms with van der Waals surface area (Å²) in [6.07, 6.45) is -5.44. The van der Waals surface area contributed by atoms with Gasteiger partial charge in [-0.25, -0.2) is 0 Å². The van der Waals surface area contributed by atoms with Gasteiger partial charge in [0.2, 0.25) is 0 Å². The Bertz CT molecular complexity index is 146. The number of rotatable bonds is 1. The lowest BCUT2D eigenvalue weighted by atomic mass is 9.97. The highest BCUT2D eigenvalue weighted by Crippen LogP contribution is 2.21. The zero-order chi connectivity index (χ0) is 9.30. The number of aliphatic hydroxyl groups is 4. The van der Waals surface area contributed by atoms with Crippen molar-refractivity contribution in [3.63, 3.8) is 0 Å². The Hall–Kier alpha value is -0.200. The van der Waals surface area contributed by atoms with E-state index in [-0.39, 0.29) is 0 Å². The van der Waals surface area contributed by atoms with Gasteiger partial charge in [0.25, 0.3) is 0 Å². The fourth-order valence-corrected chi connectivity index (χ4v) is 1.27. The summed E-state index contributed by atoms with van der Waals surface area (Å²) in [4.78, 5) is 0. The molecule has 0 aromatic carbocycles. The van der Waals surface area contributed by atoms with E-state index in [1.165, 1.54) is 0 Å². The molecule has 1 fully saturated rings. The van der Waals surface area contributed by atoms with Crippen LogP contribution in [0.15, 0.2) is 0 Å². The zero-order valence-electron chi connectivity index (χ0n) is 6.79. The smallest absolute Gasteiger partial charge is 0.183 e. The molecule has 1 heterocycles. The molecule has 1 saturated heterocycles. The van der Waals surface area contributed by atoms with Crippen molar-refractivity contribution in [1.82, 2.24) is 0 Å². The molecule has 0 radical (unpaired) electrons. The fourth-order valence-electron chi connectivity index (χ4n) is 1.27. The van der Waals surface area contributed by atoms with Crippen LogP contribution in [0.5, 0.6) is 0 Å². The van der Waals surface area contributed by atoms with Crippen molar-refractivity contribution in [2.45, 2.75) is 44.1 Å². The summed E-state index contributed by atoms with van der Waals surface area (Å²) in [7, 11) is 0. The highest BCUT2D eigenvalue weighted by molar-refractivity contribution is 4.87. The van der Waals surface area contributed by atoms with Crippen LogP contribution in [0.4, 0.5) is 0 Å². The van der Waals surface area contributed by atoms with Crippen molar-refractivity contribution in [1.29, 1.82) is 0 Å². The van der Waals surface area contributed by atoms with Gasteiger partial charge in [0.05, 0.1) is 6.10 Å². The van der Waals surface area contributed by atoms with Crippen LogP contribution in [0.25, 0.3) is 0 Å². The molecular formula is C7H14O5. The van der Waals surface area contributed by atoms with E-state index in [0.29, 0.717) is 6.42 Å². The fraction of sp³-hybridized carbons (Fsp3) is 1.00. The number of hydrogen-bond donors (Lipinski definition) is 4. The van der Waals surface area contributed by atoms with Crippen LogP contribution in [0, 0.1) is 0 Å². The van der Waals surface area contributed by atoms with Gasteiger partial charge in [-0.3, -0.25) is 0 Å². The Balaban J connectivity index is 2.63. The largest absolute Gasteiger partial charge is 0.388 e. The van der Waals surface area contributed by atoms with Crippen LogP contribution in [0.2, 0.25) is 0 Å². The molecule has 0 aromatic heterocycles. The Morgan fingerprint density at radius 2 is 1.58 bits per heavy atom. The highest BCUT2D eigenvalue weighted by atomic mass is 16.6. The summed E-state index contributed by atoms with van der Waals surface area (Å²) in [6.45, 7) is 1.75. The van der Waals surface area contributed by atoms with E-state index >= 15 is 0 Å². The minimum Gasteiger partial charge on any atom is -0.388 e. The molecule has 5 atom stereocenters. The van der Waals surface area contributed by atoms with Crippen LogP contribution in [0.3, 0.4) is 0 Å². The Labute approximate surface area is 70.2 Å². The molecule has 1 aliphatic heterocycles. The molecule has 5 nitrogen and oxygen atoms in total. The van der Waals surface area contributed by atoms with Crippen molar-refractivity contribution in [3.05, 3.63) is 0 Å². The van der Waals surface area contributed by atoms with Crippen LogP contribution < -0.4 is 0 Å². The van der Waals surface area contributed by atoms with Crippen molar-refractivity contribution < 1.29 is 25.2 Å². The molecule has 1 rings (SSSR count). The van der Waals surface area contributed by atoms with E-state index in [9.17, 15) is 10.2 Å². The molecule has 0 saturated carbocycles. The van der Waals surface area contributed by atoms with Gasteiger partial charge in [-0.2, -0.15) is 0 Å². The quantitative estimate of drug-likeness (QED) is 0.380. The lowest BCUT2D eigenvalue weighted by Crippen LogP contribution is -2.57. The lowest BCUT2D eigenvalue weighted by Gasteiger charge is -2.37. The number of ether oxygens (including phenoxy) is 1. The minimum atomic E-state index is -1.43.